The van der Waals surface area contributed by atoms with Crippen molar-refractivity contribution in [1.29, 1.82) is 0 Å². The molecule has 2 heterocycles. The molecule has 0 saturated carbocycles. The number of carbonyl (C=O) groups excluding carboxylic acids is 1. The number of benzene rings is 2. The predicted molar refractivity (Wildman–Crippen MR) is 98.7 cm³/mol. The summed E-state index contributed by atoms with van der Waals surface area (Å²) in [5.74, 6) is 0.342. The lowest BCUT2D eigenvalue weighted by Crippen LogP contribution is -2.27. The third kappa shape index (κ3) is 3.68. The summed E-state index contributed by atoms with van der Waals surface area (Å²) in [4.78, 5) is 18.4. The molecule has 0 spiro atoms. The highest BCUT2D eigenvalue weighted by molar-refractivity contribution is 6.31. The van der Waals surface area contributed by atoms with E-state index in [2.05, 4.69) is 10.1 Å². The predicted octanol–water partition coefficient (Wildman–Crippen LogP) is 5.05. The van der Waals surface area contributed by atoms with E-state index in [0.29, 0.717) is 35.1 Å². The first-order valence-corrected chi connectivity index (χ1v) is 9.10. The Morgan fingerprint density at radius 3 is 2.70 bits per heavy atom. The van der Waals surface area contributed by atoms with Gasteiger partial charge in [-0.25, -0.2) is 4.39 Å². The van der Waals surface area contributed by atoms with Crippen LogP contribution in [0.4, 0.5) is 4.39 Å². The average Bonchev–Trinajstić information content (AvgIpc) is 3.25. The molecular formula is C19H14Cl2FN3O2. The zero-order chi connectivity index (χ0) is 19.0. The third-order valence-corrected chi connectivity index (χ3v) is 5.12. The number of rotatable bonds is 4. The molecule has 1 aliphatic heterocycles. The Labute approximate surface area is 164 Å². The second-order valence-corrected chi connectivity index (χ2v) is 7.12. The van der Waals surface area contributed by atoms with Crippen molar-refractivity contribution in [3.63, 3.8) is 0 Å². The zero-order valence-corrected chi connectivity index (χ0v) is 15.5. The Morgan fingerprint density at radius 1 is 1.19 bits per heavy atom. The van der Waals surface area contributed by atoms with Crippen LogP contribution in [0.3, 0.4) is 0 Å². The molecule has 27 heavy (non-hydrogen) atoms. The van der Waals surface area contributed by atoms with Gasteiger partial charge in [0.15, 0.2) is 0 Å². The molecule has 1 amide bonds. The Kier molecular flexibility index (Phi) is 4.85. The first-order valence-electron chi connectivity index (χ1n) is 8.34. The van der Waals surface area contributed by atoms with E-state index in [1.807, 2.05) is 0 Å². The largest absolute Gasteiger partial charge is 0.337 e. The van der Waals surface area contributed by atoms with E-state index in [9.17, 15) is 9.18 Å². The molecule has 3 aromatic rings. The lowest BCUT2D eigenvalue weighted by molar-refractivity contribution is -0.129. The summed E-state index contributed by atoms with van der Waals surface area (Å²) < 4.78 is 18.7. The van der Waals surface area contributed by atoms with Crippen molar-refractivity contribution in [3.8, 4) is 11.4 Å². The van der Waals surface area contributed by atoms with Crippen molar-refractivity contribution >= 4 is 29.1 Å². The molecule has 0 radical (unpaired) electrons. The van der Waals surface area contributed by atoms with Crippen LogP contribution < -0.4 is 0 Å². The first kappa shape index (κ1) is 17.9. The van der Waals surface area contributed by atoms with E-state index < -0.39 is 5.82 Å². The maximum atomic E-state index is 13.3. The van der Waals surface area contributed by atoms with E-state index in [4.69, 9.17) is 27.7 Å². The van der Waals surface area contributed by atoms with Gasteiger partial charge in [-0.05, 0) is 48.4 Å². The van der Waals surface area contributed by atoms with E-state index in [1.165, 1.54) is 12.1 Å². The monoisotopic (exact) mass is 405 g/mol. The van der Waals surface area contributed by atoms with Crippen LogP contribution in [0.5, 0.6) is 0 Å². The third-order valence-electron chi connectivity index (χ3n) is 4.51. The Morgan fingerprint density at radius 2 is 1.96 bits per heavy atom. The van der Waals surface area contributed by atoms with Crippen LogP contribution in [0.25, 0.3) is 11.4 Å². The average molecular weight is 406 g/mol. The molecule has 1 saturated heterocycles. The van der Waals surface area contributed by atoms with Gasteiger partial charge in [-0.2, -0.15) is 4.98 Å². The minimum Gasteiger partial charge on any atom is -0.337 e. The van der Waals surface area contributed by atoms with Gasteiger partial charge in [-0.15, -0.1) is 0 Å². The Bertz CT molecular complexity index is 991. The molecule has 5 nitrogen and oxygen atoms in total. The lowest BCUT2D eigenvalue weighted by Gasteiger charge is -2.22. The van der Waals surface area contributed by atoms with Gasteiger partial charge in [0.05, 0.1) is 0 Å². The molecule has 1 aliphatic rings. The summed E-state index contributed by atoms with van der Waals surface area (Å²) in [7, 11) is 0. The smallest absolute Gasteiger partial charge is 0.249 e. The van der Waals surface area contributed by atoms with Crippen LogP contribution in [0.2, 0.25) is 10.0 Å². The van der Waals surface area contributed by atoms with Crippen molar-refractivity contribution in [2.24, 2.45) is 0 Å². The number of halogens is 3. The van der Waals surface area contributed by atoms with Crippen LogP contribution in [-0.2, 0) is 11.3 Å². The van der Waals surface area contributed by atoms with Gasteiger partial charge in [0.25, 0.3) is 0 Å². The summed E-state index contributed by atoms with van der Waals surface area (Å²) in [6.45, 7) is 0.251. The first-order chi connectivity index (χ1) is 13.0. The molecule has 0 aliphatic carbocycles. The summed E-state index contributed by atoms with van der Waals surface area (Å²) in [5.41, 5.74) is 1.43. The van der Waals surface area contributed by atoms with Crippen molar-refractivity contribution < 1.29 is 13.7 Å². The fraction of sp³-hybridized carbons (Fsp3) is 0.211. The lowest BCUT2D eigenvalue weighted by atomic mass is 10.1. The summed E-state index contributed by atoms with van der Waals surface area (Å²) in [6, 6.07) is 10.9. The minimum atomic E-state index is -0.419. The fourth-order valence-corrected chi connectivity index (χ4v) is 3.46. The van der Waals surface area contributed by atoms with Crippen LogP contribution in [0.15, 0.2) is 47.0 Å². The normalized spacial score (nSPS) is 16.9. The maximum absolute atomic E-state index is 13.3. The summed E-state index contributed by atoms with van der Waals surface area (Å²) >= 11 is 12.0. The number of amides is 1. The number of hydrogen-bond acceptors (Lipinski definition) is 4. The summed E-state index contributed by atoms with van der Waals surface area (Å²) in [6.07, 6.45) is 0.946. The zero-order valence-electron chi connectivity index (χ0n) is 14.0. The van der Waals surface area contributed by atoms with E-state index in [0.717, 1.165) is 5.56 Å². The second kappa shape index (κ2) is 7.29. The highest BCUT2D eigenvalue weighted by atomic mass is 35.5. The van der Waals surface area contributed by atoms with Gasteiger partial charge >= 0.3 is 0 Å². The highest BCUT2D eigenvalue weighted by Gasteiger charge is 2.36. The highest BCUT2D eigenvalue weighted by Crippen LogP contribution is 2.35. The van der Waals surface area contributed by atoms with Gasteiger partial charge < -0.3 is 9.42 Å². The van der Waals surface area contributed by atoms with Crippen molar-refractivity contribution in [2.75, 3.05) is 0 Å². The summed E-state index contributed by atoms with van der Waals surface area (Å²) in [5, 5.41) is 4.91. The maximum Gasteiger partial charge on any atom is 0.249 e. The number of hydrogen-bond donors (Lipinski definition) is 0. The van der Waals surface area contributed by atoms with E-state index in [1.54, 1.807) is 35.2 Å². The molecule has 1 aromatic heterocycles. The molecule has 2 aromatic carbocycles. The standard InChI is InChI=1S/C19H14Cl2FN3O2/c20-13-4-1-11(2-5-13)18-23-19(27-24-18)16-7-8-17(26)25(16)10-12-3-6-14(22)9-15(12)21/h1-6,9,16H,7-8,10H2. The van der Waals surface area contributed by atoms with Crippen LogP contribution in [0, 0.1) is 5.82 Å². The van der Waals surface area contributed by atoms with Gasteiger partial charge in [0, 0.05) is 28.6 Å². The van der Waals surface area contributed by atoms with Crippen molar-refractivity contribution in [2.45, 2.75) is 25.4 Å². The van der Waals surface area contributed by atoms with Crippen molar-refractivity contribution in [1.82, 2.24) is 15.0 Å². The number of nitrogens with zero attached hydrogens (tertiary/aromatic N) is 3. The number of likely N-dealkylation sites (tertiary alicyclic amines) is 1. The van der Waals surface area contributed by atoms with Gasteiger partial charge in [0.2, 0.25) is 17.6 Å². The fourth-order valence-electron chi connectivity index (χ4n) is 3.11. The Hall–Kier alpha value is -2.44. The quantitative estimate of drug-likeness (QED) is 0.609. The van der Waals surface area contributed by atoms with Gasteiger partial charge in [-0.1, -0.05) is 34.4 Å². The molecule has 8 heteroatoms. The molecule has 0 N–H and O–H groups in total. The number of aromatic nitrogens is 2. The SMILES string of the molecule is O=C1CCC(c2nc(-c3ccc(Cl)cc3)no2)N1Cc1ccc(F)cc1Cl. The van der Waals surface area contributed by atoms with E-state index >= 15 is 0 Å². The molecule has 1 atom stereocenters. The van der Waals surface area contributed by atoms with Crippen LogP contribution >= 0.6 is 23.2 Å². The minimum absolute atomic E-state index is 0.0355. The second-order valence-electron chi connectivity index (χ2n) is 6.27. The Balaban J connectivity index is 1.59. The molecule has 1 fully saturated rings. The molecule has 4 rings (SSSR count). The van der Waals surface area contributed by atoms with Gasteiger partial charge in [0.1, 0.15) is 11.9 Å². The molecule has 1 unspecified atom stereocenters. The van der Waals surface area contributed by atoms with Crippen molar-refractivity contribution in [3.05, 3.63) is 69.8 Å². The van der Waals surface area contributed by atoms with Crippen LogP contribution in [-0.4, -0.2) is 20.9 Å². The van der Waals surface area contributed by atoms with Gasteiger partial charge in [-0.3, -0.25) is 4.79 Å². The number of carbonyl (C=O) groups is 1. The van der Waals surface area contributed by atoms with Crippen LogP contribution in [0.1, 0.15) is 30.3 Å². The topological polar surface area (TPSA) is 59.2 Å². The van der Waals surface area contributed by atoms with E-state index in [-0.39, 0.29) is 23.5 Å². The molecule has 138 valence electrons. The molecule has 0 bridgehead atoms. The molecular weight excluding hydrogens is 392 g/mol.